The van der Waals surface area contributed by atoms with Gasteiger partial charge in [0, 0.05) is 25.8 Å². The van der Waals surface area contributed by atoms with Crippen molar-refractivity contribution in [3.05, 3.63) is 22.6 Å². The molecule has 1 aromatic rings. The minimum atomic E-state index is -0.273. The normalized spacial score (nSPS) is 13.3. The molecule has 0 aliphatic heterocycles. The first-order valence-electron chi connectivity index (χ1n) is 6.35. The molecule has 1 aromatic heterocycles. The van der Waals surface area contributed by atoms with E-state index in [0.717, 1.165) is 0 Å². The lowest BCUT2D eigenvalue weighted by molar-refractivity contribution is 0.0110. The second-order valence-corrected chi connectivity index (χ2v) is 5.25. The summed E-state index contributed by atoms with van der Waals surface area (Å²) >= 11 is 0. The lowest BCUT2D eigenvalue weighted by Crippen LogP contribution is -2.30. The van der Waals surface area contributed by atoms with Crippen molar-refractivity contribution in [1.29, 1.82) is 0 Å². The highest BCUT2D eigenvalue weighted by Gasteiger charge is 2.16. The summed E-state index contributed by atoms with van der Waals surface area (Å²) in [5.74, 6) is 0.449. The summed E-state index contributed by atoms with van der Waals surface area (Å²) in [6, 6.07) is 1.35. The number of aromatic nitrogens is 2. The van der Waals surface area contributed by atoms with Gasteiger partial charge in [-0.25, -0.2) is 4.68 Å². The molecular formula is C13H23N3O3. The summed E-state index contributed by atoms with van der Waals surface area (Å²) < 4.78 is 12.1. The number of hydrogen-bond donors (Lipinski definition) is 1. The first-order valence-corrected chi connectivity index (χ1v) is 6.35. The third-order valence-electron chi connectivity index (χ3n) is 2.84. The smallest absolute Gasteiger partial charge is 0.270 e. The van der Waals surface area contributed by atoms with Crippen LogP contribution >= 0.6 is 0 Å². The number of ether oxygens (including phenoxy) is 2. The van der Waals surface area contributed by atoms with E-state index < -0.39 is 0 Å². The lowest BCUT2D eigenvalue weighted by Gasteiger charge is -2.22. The Morgan fingerprint density at radius 1 is 1.53 bits per heavy atom. The van der Waals surface area contributed by atoms with Crippen LogP contribution in [0, 0.1) is 0 Å². The van der Waals surface area contributed by atoms with Crippen molar-refractivity contribution in [2.75, 3.05) is 13.7 Å². The maximum absolute atomic E-state index is 11.8. The molecule has 6 nitrogen and oxygen atoms in total. The molecule has 1 atom stereocenters. The summed E-state index contributed by atoms with van der Waals surface area (Å²) in [5, 5.41) is 4.08. The van der Waals surface area contributed by atoms with E-state index in [2.05, 4.69) is 5.10 Å². The fourth-order valence-electron chi connectivity index (χ4n) is 1.37. The Kier molecular flexibility index (Phi) is 5.50. The van der Waals surface area contributed by atoms with Gasteiger partial charge in [0.05, 0.1) is 11.8 Å². The first-order chi connectivity index (χ1) is 8.84. The van der Waals surface area contributed by atoms with Gasteiger partial charge in [0.2, 0.25) is 0 Å². The Morgan fingerprint density at radius 3 is 2.74 bits per heavy atom. The van der Waals surface area contributed by atoms with E-state index in [9.17, 15) is 4.79 Å². The Morgan fingerprint density at radius 2 is 2.21 bits per heavy atom. The predicted octanol–water partition coefficient (Wildman–Crippen LogP) is 0.784. The van der Waals surface area contributed by atoms with Gasteiger partial charge in [-0.1, -0.05) is 0 Å². The molecule has 0 aliphatic rings. The molecule has 0 saturated heterocycles. The lowest BCUT2D eigenvalue weighted by atomic mass is 10.1. The van der Waals surface area contributed by atoms with Gasteiger partial charge in [-0.05, 0) is 27.2 Å². The molecule has 0 aromatic carbocycles. The van der Waals surface area contributed by atoms with E-state index >= 15 is 0 Å². The van der Waals surface area contributed by atoms with Gasteiger partial charge in [-0.15, -0.1) is 0 Å². The molecule has 0 amide bonds. The van der Waals surface area contributed by atoms with Crippen LogP contribution in [0.5, 0.6) is 5.75 Å². The summed E-state index contributed by atoms with van der Waals surface area (Å²) in [5.41, 5.74) is 5.12. The van der Waals surface area contributed by atoms with Crippen molar-refractivity contribution >= 4 is 0 Å². The van der Waals surface area contributed by atoms with Crippen molar-refractivity contribution in [2.24, 2.45) is 5.73 Å². The maximum Gasteiger partial charge on any atom is 0.270 e. The topological polar surface area (TPSA) is 79.4 Å². The summed E-state index contributed by atoms with van der Waals surface area (Å²) in [6.07, 6.45) is 2.24. The van der Waals surface area contributed by atoms with E-state index in [1.54, 1.807) is 7.11 Å². The molecule has 1 rings (SSSR count). The largest absolute Gasteiger partial charge is 0.490 e. The molecule has 108 valence electrons. The number of methoxy groups -OCH3 is 1. The first kappa shape index (κ1) is 15.7. The molecule has 0 bridgehead atoms. The monoisotopic (exact) mass is 269 g/mol. The standard InChI is InChI=1S/C13H23N3O3/c1-10(14)9-19-11-7-12(17)16(15-8-11)6-5-13(2,3)18-4/h7-8,10H,5-6,9,14H2,1-4H3. The van der Waals surface area contributed by atoms with Crippen molar-refractivity contribution < 1.29 is 9.47 Å². The summed E-state index contributed by atoms with van der Waals surface area (Å²) in [7, 11) is 1.65. The highest BCUT2D eigenvalue weighted by atomic mass is 16.5. The minimum Gasteiger partial charge on any atom is -0.490 e. The molecule has 0 aliphatic carbocycles. The Bertz CT molecular complexity index is 455. The van der Waals surface area contributed by atoms with Crippen LogP contribution in [0.1, 0.15) is 27.2 Å². The molecule has 19 heavy (non-hydrogen) atoms. The third-order valence-corrected chi connectivity index (χ3v) is 2.84. The van der Waals surface area contributed by atoms with E-state index in [-0.39, 0.29) is 17.2 Å². The van der Waals surface area contributed by atoms with Crippen LogP contribution in [0.15, 0.2) is 17.1 Å². The summed E-state index contributed by atoms with van der Waals surface area (Å²) in [6.45, 7) is 6.65. The Labute approximate surface area is 113 Å². The third kappa shape index (κ3) is 5.40. The van der Waals surface area contributed by atoms with Crippen LogP contribution in [0.3, 0.4) is 0 Å². The van der Waals surface area contributed by atoms with Crippen LogP contribution in [0.25, 0.3) is 0 Å². The number of hydrogen-bond acceptors (Lipinski definition) is 5. The zero-order valence-corrected chi connectivity index (χ0v) is 12.0. The van der Waals surface area contributed by atoms with Crippen molar-refractivity contribution in [3.63, 3.8) is 0 Å². The van der Waals surface area contributed by atoms with Gasteiger partial charge in [-0.2, -0.15) is 5.10 Å². The van der Waals surface area contributed by atoms with Crippen molar-refractivity contribution in [3.8, 4) is 5.75 Å². The van der Waals surface area contributed by atoms with Crippen molar-refractivity contribution in [2.45, 2.75) is 45.4 Å². The van der Waals surface area contributed by atoms with E-state index in [4.69, 9.17) is 15.2 Å². The molecule has 0 radical (unpaired) electrons. The van der Waals surface area contributed by atoms with Crippen LogP contribution in [0.4, 0.5) is 0 Å². The Hall–Kier alpha value is -1.40. The van der Waals surface area contributed by atoms with Crippen LogP contribution < -0.4 is 16.0 Å². The number of nitrogens with two attached hydrogens (primary N) is 1. The van der Waals surface area contributed by atoms with E-state index in [1.807, 2.05) is 20.8 Å². The molecule has 2 N–H and O–H groups in total. The molecule has 6 heteroatoms. The second kappa shape index (κ2) is 6.68. The highest BCUT2D eigenvalue weighted by Crippen LogP contribution is 2.13. The van der Waals surface area contributed by atoms with E-state index in [1.165, 1.54) is 16.9 Å². The fourth-order valence-corrected chi connectivity index (χ4v) is 1.37. The molecule has 0 fully saturated rings. The maximum atomic E-state index is 11.8. The number of nitrogens with zero attached hydrogens (tertiary/aromatic N) is 2. The highest BCUT2D eigenvalue weighted by molar-refractivity contribution is 5.13. The minimum absolute atomic E-state index is 0.0788. The van der Waals surface area contributed by atoms with Gasteiger partial charge in [0.15, 0.2) is 0 Å². The van der Waals surface area contributed by atoms with Crippen LogP contribution in [-0.2, 0) is 11.3 Å². The average Bonchev–Trinajstić information content (AvgIpc) is 2.35. The SMILES string of the molecule is COC(C)(C)CCn1ncc(OCC(C)N)cc1=O. The van der Waals surface area contributed by atoms with Gasteiger partial charge >= 0.3 is 0 Å². The zero-order chi connectivity index (χ0) is 14.5. The molecule has 0 saturated carbocycles. The molecule has 1 unspecified atom stereocenters. The van der Waals surface area contributed by atoms with Crippen molar-refractivity contribution in [1.82, 2.24) is 9.78 Å². The molecule has 0 spiro atoms. The van der Waals surface area contributed by atoms with E-state index in [0.29, 0.717) is 25.3 Å². The van der Waals surface area contributed by atoms with Gasteiger partial charge in [-0.3, -0.25) is 4.79 Å². The van der Waals surface area contributed by atoms with Gasteiger partial charge in [0.1, 0.15) is 12.4 Å². The Balaban J connectivity index is 2.65. The molecular weight excluding hydrogens is 246 g/mol. The number of aryl methyl sites for hydroxylation is 1. The average molecular weight is 269 g/mol. The van der Waals surface area contributed by atoms with Gasteiger partial charge < -0.3 is 15.2 Å². The summed E-state index contributed by atoms with van der Waals surface area (Å²) in [4.78, 5) is 11.8. The molecule has 1 heterocycles. The predicted molar refractivity (Wildman–Crippen MR) is 73.3 cm³/mol. The zero-order valence-electron chi connectivity index (χ0n) is 12.0. The quantitative estimate of drug-likeness (QED) is 0.791. The van der Waals surface area contributed by atoms with Crippen LogP contribution in [-0.4, -0.2) is 35.1 Å². The van der Waals surface area contributed by atoms with Gasteiger partial charge in [0.25, 0.3) is 5.56 Å². The van der Waals surface area contributed by atoms with Crippen LogP contribution in [0.2, 0.25) is 0 Å². The number of rotatable bonds is 7. The second-order valence-electron chi connectivity index (χ2n) is 5.25. The fraction of sp³-hybridized carbons (Fsp3) is 0.692.